The summed E-state index contributed by atoms with van der Waals surface area (Å²) in [7, 11) is 0. The molecule has 1 atom stereocenters. The van der Waals surface area contributed by atoms with E-state index in [-0.39, 0.29) is 23.2 Å². The zero-order chi connectivity index (χ0) is 17.3. The van der Waals surface area contributed by atoms with Crippen molar-refractivity contribution in [2.75, 3.05) is 37.7 Å². The Kier molecular flexibility index (Phi) is 4.63. The number of amides is 1. The van der Waals surface area contributed by atoms with E-state index in [1.807, 2.05) is 4.90 Å². The number of anilines is 1. The predicted octanol–water partition coefficient (Wildman–Crippen LogP) is 2.61. The highest BCUT2D eigenvalue weighted by Crippen LogP contribution is 2.41. The van der Waals surface area contributed by atoms with Gasteiger partial charge in [0.1, 0.15) is 0 Å². The molecule has 0 N–H and O–H groups in total. The second kappa shape index (κ2) is 6.90. The molecule has 0 aliphatic carbocycles. The minimum atomic E-state index is -0.253. The number of hydrogen-bond donors (Lipinski definition) is 0. The maximum absolute atomic E-state index is 14.0. The van der Waals surface area contributed by atoms with Gasteiger partial charge in [-0.1, -0.05) is 0 Å². The van der Waals surface area contributed by atoms with Gasteiger partial charge in [0.15, 0.2) is 5.82 Å². The largest absolute Gasteiger partial charge is 0.376 e. The van der Waals surface area contributed by atoms with Gasteiger partial charge >= 0.3 is 0 Å². The monoisotopic (exact) mass is 347 g/mol. The molecule has 6 heteroatoms. The first kappa shape index (κ1) is 16.8. The zero-order valence-electron chi connectivity index (χ0n) is 14.6. The van der Waals surface area contributed by atoms with Crippen LogP contribution in [0.3, 0.4) is 0 Å². The van der Waals surface area contributed by atoms with Crippen LogP contribution in [0, 0.1) is 11.2 Å². The molecule has 0 unspecified atom stereocenters. The Hall–Kier alpha value is -1.69. The van der Waals surface area contributed by atoms with Crippen LogP contribution in [0.1, 0.15) is 38.5 Å². The molecule has 0 saturated carbocycles. The van der Waals surface area contributed by atoms with E-state index in [9.17, 15) is 9.18 Å². The number of aromatic nitrogens is 1. The maximum Gasteiger partial charge on any atom is 0.222 e. The molecule has 3 aliphatic heterocycles. The Morgan fingerprint density at radius 3 is 2.88 bits per heavy atom. The lowest BCUT2D eigenvalue weighted by Crippen LogP contribution is -2.53. The highest BCUT2D eigenvalue weighted by molar-refractivity contribution is 5.77. The molecule has 1 spiro atoms. The molecule has 3 aliphatic rings. The van der Waals surface area contributed by atoms with Crippen molar-refractivity contribution in [2.45, 2.75) is 44.6 Å². The fraction of sp³-hybridized carbons (Fsp3) is 0.684. The van der Waals surface area contributed by atoms with Crippen molar-refractivity contribution in [1.29, 1.82) is 0 Å². The smallest absolute Gasteiger partial charge is 0.222 e. The average molecular weight is 347 g/mol. The fourth-order valence-corrected chi connectivity index (χ4v) is 4.56. The summed E-state index contributed by atoms with van der Waals surface area (Å²) < 4.78 is 19.7. The van der Waals surface area contributed by atoms with E-state index in [4.69, 9.17) is 4.74 Å². The molecule has 0 bridgehead atoms. The average Bonchev–Trinajstić information content (AvgIpc) is 3.13. The third-order valence-corrected chi connectivity index (χ3v) is 6.11. The van der Waals surface area contributed by atoms with Crippen LogP contribution in [0.4, 0.5) is 10.1 Å². The van der Waals surface area contributed by atoms with Crippen molar-refractivity contribution in [3.8, 4) is 0 Å². The number of nitrogens with zero attached hydrogens (tertiary/aromatic N) is 3. The van der Waals surface area contributed by atoms with Crippen molar-refractivity contribution >= 4 is 11.6 Å². The standard InChI is InChI=1S/C19H26FN3O2/c20-16-12-21-8-4-17(16)22-9-6-19(7-10-22)5-3-18(24)23(14-19)13-15-2-1-11-25-15/h4,8,12,15H,1-3,5-7,9-11,13-14H2/t15-/m1/s1. The van der Waals surface area contributed by atoms with Gasteiger partial charge in [-0.2, -0.15) is 0 Å². The highest BCUT2D eigenvalue weighted by atomic mass is 19.1. The molecular formula is C19H26FN3O2. The minimum absolute atomic E-state index is 0.187. The zero-order valence-corrected chi connectivity index (χ0v) is 14.6. The van der Waals surface area contributed by atoms with Crippen LogP contribution < -0.4 is 4.90 Å². The van der Waals surface area contributed by atoms with E-state index >= 15 is 0 Å². The topological polar surface area (TPSA) is 45.7 Å². The summed E-state index contributed by atoms with van der Waals surface area (Å²) in [5.41, 5.74) is 0.833. The second-order valence-corrected chi connectivity index (χ2v) is 7.72. The van der Waals surface area contributed by atoms with Gasteiger partial charge in [0.2, 0.25) is 5.91 Å². The quantitative estimate of drug-likeness (QED) is 0.843. The van der Waals surface area contributed by atoms with E-state index < -0.39 is 0 Å². The minimum Gasteiger partial charge on any atom is -0.376 e. The first-order valence-corrected chi connectivity index (χ1v) is 9.39. The van der Waals surface area contributed by atoms with Crippen molar-refractivity contribution < 1.29 is 13.9 Å². The van der Waals surface area contributed by atoms with Crippen molar-refractivity contribution in [3.05, 3.63) is 24.3 Å². The van der Waals surface area contributed by atoms with Crippen LogP contribution in [0.15, 0.2) is 18.5 Å². The Morgan fingerprint density at radius 1 is 1.32 bits per heavy atom. The molecule has 3 fully saturated rings. The van der Waals surface area contributed by atoms with Crippen LogP contribution in [-0.4, -0.2) is 54.7 Å². The lowest BCUT2D eigenvalue weighted by atomic mass is 9.72. The molecule has 0 radical (unpaired) electrons. The number of carbonyl (C=O) groups excluding carboxylic acids is 1. The molecule has 4 rings (SSSR count). The molecule has 1 amide bonds. The summed E-state index contributed by atoms with van der Waals surface area (Å²) in [6, 6.07) is 1.75. The molecule has 3 saturated heterocycles. The number of carbonyl (C=O) groups is 1. The summed E-state index contributed by atoms with van der Waals surface area (Å²) in [6.45, 7) is 4.07. The number of halogens is 1. The molecular weight excluding hydrogens is 321 g/mol. The lowest BCUT2D eigenvalue weighted by Gasteiger charge is -2.48. The number of likely N-dealkylation sites (tertiary alicyclic amines) is 1. The van der Waals surface area contributed by atoms with Gasteiger partial charge in [-0.25, -0.2) is 4.39 Å². The fourth-order valence-electron chi connectivity index (χ4n) is 4.56. The molecule has 136 valence electrons. The predicted molar refractivity (Wildman–Crippen MR) is 92.9 cm³/mol. The van der Waals surface area contributed by atoms with Gasteiger partial charge in [0, 0.05) is 45.4 Å². The van der Waals surface area contributed by atoms with Crippen LogP contribution in [0.2, 0.25) is 0 Å². The highest BCUT2D eigenvalue weighted by Gasteiger charge is 2.41. The van der Waals surface area contributed by atoms with E-state index in [0.717, 1.165) is 64.9 Å². The van der Waals surface area contributed by atoms with E-state index in [2.05, 4.69) is 9.88 Å². The number of rotatable bonds is 3. The first-order valence-electron chi connectivity index (χ1n) is 9.39. The summed E-state index contributed by atoms with van der Waals surface area (Å²) in [4.78, 5) is 20.3. The molecule has 0 aromatic carbocycles. The first-order chi connectivity index (χ1) is 12.2. The Labute approximate surface area is 148 Å². The number of ether oxygens (including phenoxy) is 1. The normalized spacial score (nSPS) is 26.4. The van der Waals surface area contributed by atoms with Gasteiger partial charge in [-0.15, -0.1) is 0 Å². The Bertz CT molecular complexity index is 625. The van der Waals surface area contributed by atoms with Crippen LogP contribution >= 0.6 is 0 Å². The number of pyridine rings is 1. The van der Waals surface area contributed by atoms with Crippen molar-refractivity contribution in [3.63, 3.8) is 0 Å². The number of hydrogen-bond acceptors (Lipinski definition) is 4. The van der Waals surface area contributed by atoms with Crippen LogP contribution in [0.25, 0.3) is 0 Å². The molecule has 25 heavy (non-hydrogen) atoms. The third-order valence-electron chi connectivity index (χ3n) is 6.11. The summed E-state index contributed by atoms with van der Waals surface area (Å²) >= 11 is 0. The summed E-state index contributed by atoms with van der Waals surface area (Å²) in [5, 5.41) is 0. The van der Waals surface area contributed by atoms with Gasteiger partial charge in [0.25, 0.3) is 0 Å². The molecule has 1 aromatic heterocycles. The molecule has 1 aromatic rings. The van der Waals surface area contributed by atoms with Crippen LogP contribution in [0.5, 0.6) is 0 Å². The van der Waals surface area contributed by atoms with Gasteiger partial charge in [-0.05, 0) is 43.6 Å². The van der Waals surface area contributed by atoms with Crippen molar-refractivity contribution in [2.24, 2.45) is 5.41 Å². The van der Waals surface area contributed by atoms with E-state index in [0.29, 0.717) is 12.1 Å². The van der Waals surface area contributed by atoms with Gasteiger partial charge < -0.3 is 14.5 Å². The second-order valence-electron chi connectivity index (χ2n) is 7.72. The lowest BCUT2D eigenvalue weighted by molar-refractivity contribution is -0.140. The van der Waals surface area contributed by atoms with E-state index in [1.54, 1.807) is 12.3 Å². The van der Waals surface area contributed by atoms with Gasteiger partial charge in [0.05, 0.1) is 18.0 Å². The summed E-state index contributed by atoms with van der Waals surface area (Å²) in [5.74, 6) is 0.0148. The third kappa shape index (κ3) is 3.50. The maximum atomic E-state index is 14.0. The van der Waals surface area contributed by atoms with Gasteiger partial charge in [-0.3, -0.25) is 9.78 Å². The van der Waals surface area contributed by atoms with Crippen LogP contribution in [-0.2, 0) is 9.53 Å². The van der Waals surface area contributed by atoms with Crippen molar-refractivity contribution in [1.82, 2.24) is 9.88 Å². The molecule has 4 heterocycles. The number of piperidine rings is 2. The Morgan fingerprint density at radius 2 is 2.16 bits per heavy atom. The van der Waals surface area contributed by atoms with E-state index in [1.165, 1.54) is 6.20 Å². The molecule has 5 nitrogen and oxygen atoms in total. The Balaban J connectivity index is 1.39. The SMILES string of the molecule is O=C1CCC2(CCN(c3ccncc3F)CC2)CN1C[C@H]1CCCO1. The summed E-state index contributed by atoms with van der Waals surface area (Å²) in [6.07, 6.45) is 8.90.